The van der Waals surface area contributed by atoms with E-state index in [-0.39, 0.29) is 0 Å². The quantitative estimate of drug-likeness (QED) is 0.856. The first-order chi connectivity index (χ1) is 11.3. The monoisotopic (exact) mass is 309 g/mol. The van der Waals surface area contributed by atoms with Gasteiger partial charge in [-0.15, -0.1) is 0 Å². The number of aromatic nitrogens is 2. The number of piperazine rings is 1. The van der Waals surface area contributed by atoms with Gasteiger partial charge in [0.1, 0.15) is 11.8 Å². The van der Waals surface area contributed by atoms with E-state index in [1.807, 2.05) is 30.3 Å². The van der Waals surface area contributed by atoms with Crippen LogP contribution in [0.2, 0.25) is 0 Å². The minimum atomic E-state index is 0.455. The van der Waals surface area contributed by atoms with Gasteiger partial charge in [-0.3, -0.25) is 4.90 Å². The van der Waals surface area contributed by atoms with Crippen LogP contribution >= 0.6 is 0 Å². The Hall–Kier alpha value is -2.65. The molecule has 6 heteroatoms. The summed E-state index contributed by atoms with van der Waals surface area (Å²) in [5.74, 6) is 0.657. The third-order valence-electron chi connectivity index (χ3n) is 3.98. The molecule has 0 atom stereocenters. The van der Waals surface area contributed by atoms with Crippen molar-refractivity contribution >= 4 is 5.69 Å². The van der Waals surface area contributed by atoms with E-state index >= 15 is 0 Å². The fourth-order valence-electron chi connectivity index (χ4n) is 2.69. The van der Waals surface area contributed by atoms with Crippen molar-refractivity contribution in [2.45, 2.75) is 6.54 Å². The lowest BCUT2D eigenvalue weighted by molar-refractivity contribution is 0.246. The molecule has 0 bridgehead atoms. The summed E-state index contributed by atoms with van der Waals surface area (Å²) >= 11 is 0. The molecular formula is C17H19N5O. The first-order valence-electron chi connectivity index (χ1n) is 7.62. The zero-order chi connectivity index (χ0) is 16.1. The van der Waals surface area contributed by atoms with Crippen LogP contribution in [-0.4, -0.2) is 48.2 Å². The highest BCUT2D eigenvalue weighted by Gasteiger charge is 2.18. The van der Waals surface area contributed by atoms with Crippen LogP contribution in [0.25, 0.3) is 0 Å². The highest BCUT2D eigenvalue weighted by atomic mass is 16.5. The van der Waals surface area contributed by atoms with Gasteiger partial charge < -0.3 is 9.64 Å². The summed E-state index contributed by atoms with van der Waals surface area (Å²) in [7, 11) is 1.64. The van der Waals surface area contributed by atoms with Gasteiger partial charge in [0, 0.05) is 38.8 Å². The fraction of sp³-hybridized carbons (Fsp3) is 0.353. The number of nitriles is 1. The zero-order valence-electron chi connectivity index (χ0n) is 13.1. The minimum Gasteiger partial charge on any atom is -0.481 e. The van der Waals surface area contributed by atoms with Gasteiger partial charge in [0.05, 0.1) is 24.7 Å². The van der Waals surface area contributed by atoms with Crippen molar-refractivity contribution in [2.75, 3.05) is 38.2 Å². The normalized spacial score (nSPS) is 15.2. The Morgan fingerprint density at radius 1 is 1.17 bits per heavy atom. The van der Waals surface area contributed by atoms with E-state index in [2.05, 4.69) is 19.8 Å². The van der Waals surface area contributed by atoms with Crippen LogP contribution in [0.3, 0.4) is 0 Å². The summed E-state index contributed by atoms with van der Waals surface area (Å²) in [5.41, 5.74) is 2.55. The molecule has 1 aliphatic heterocycles. The minimum absolute atomic E-state index is 0.455. The average Bonchev–Trinajstić information content (AvgIpc) is 2.63. The molecule has 2 aromatic heterocycles. The molecular weight excluding hydrogens is 290 g/mol. The summed E-state index contributed by atoms with van der Waals surface area (Å²) in [5, 5.41) is 8.80. The number of methoxy groups -OCH3 is 1. The van der Waals surface area contributed by atoms with Crippen molar-refractivity contribution in [2.24, 2.45) is 0 Å². The standard InChI is InChI=1S/C17H19N5O/c1-23-17-4-2-3-15(20-17)13-21-7-9-22(10-8-21)16-6-5-14(11-18)19-12-16/h2-6,12H,7-10,13H2,1H3. The van der Waals surface area contributed by atoms with E-state index < -0.39 is 0 Å². The largest absolute Gasteiger partial charge is 0.481 e. The number of ether oxygens (including phenoxy) is 1. The highest BCUT2D eigenvalue weighted by molar-refractivity contribution is 5.46. The first-order valence-corrected chi connectivity index (χ1v) is 7.62. The van der Waals surface area contributed by atoms with E-state index in [4.69, 9.17) is 10.00 Å². The van der Waals surface area contributed by atoms with Gasteiger partial charge in [0.2, 0.25) is 5.88 Å². The van der Waals surface area contributed by atoms with Gasteiger partial charge in [-0.1, -0.05) is 6.07 Å². The van der Waals surface area contributed by atoms with Crippen LogP contribution in [0.15, 0.2) is 36.5 Å². The molecule has 3 rings (SSSR count). The average molecular weight is 309 g/mol. The SMILES string of the molecule is COc1cccc(CN2CCN(c3ccc(C#N)nc3)CC2)n1. The number of rotatable bonds is 4. The second-order valence-corrected chi connectivity index (χ2v) is 5.45. The van der Waals surface area contributed by atoms with Gasteiger partial charge >= 0.3 is 0 Å². The third-order valence-corrected chi connectivity index (χ3v) is 3.98. The number of pyridine rings is 2. The summed E-state index contributed by atoms with van der Waals surface area (Å²) in [6.07, 6.45) is 1.78. The second-order valence-electron chi connectivity index (χ2n) is 5.45. The summed E-state index contributed by atoms with van der Waals surface area (Å²) < 4.78 is 5.17. The molecule has 0 radical (unpaired) electrons. The number of anilines is 1. The van der Waals surface area contributed by atoms with E-state index in [1.165, 1.54) is 0 Å². The topological polar surface area (TPSA) is 65.3 Å². The molecule has 2 aromatic rings. The summed E-state index contributed by atoms with van der Waals surface area (Å²) in [6.45, 7) is 4.66. The summed E-state index contributed by atoms with van der Waals surface area (Å²) in [6, 6.07) is 11.6. The van der Waals surface area contributed by atoms with Crippen molar-refractivity contribution in [1.82, 2.24) is 14.9 Å². The van der Waals surface area contributed by atoms with Crippen molar-refractivity contribution in [3.8, 4) is 11.9 Å². The van der Waals surface area contributed by atoms with Crippen molar-refractivity contribution in [3.05, 3.63) is 47.9 Å². The van der Waals surface area contributed by atoms with Crippen LogP contribution in [0.5, 0.6) is 5.88 Å². The molecule has 1 saturated heterocycles. The molecule has 0 saturated carbocycles. The number of nitrogens with zero attached hydrogens (tertiary/aromatic N) is 5. The molecule has 1 aliphatic rings. The van der Waals surface area contributed by atoms with Gasteiger partial charge in [0.15, 0.2) is 0 Å². The molecule has 0 unspecified atom stereocenters. The maximum absolute atomic E-state index is 8.80. The Morgan fingerprint density at radius 3 is 2.65 bits per heavy atom. The van der Waals surface area contributed by atoms with Gasteiger partial charge in [-0.25, -0.2) is 9.97 Å². The molecule has 118 valence electrons. The molecule has 23 heavy (non-hydrogen) atoms. The molecule has 6 nitrogen and oxygen atoms in total. The fourth-order valence-corrected chi connectivity index (χ4v) is 2.69. The Morgan fingerprint density at radius 2 is 2.00 bits per heavy atom. The van der Waals surface area contributed by atoms with E-state index in [9.17, 15) is 0 Å². The Bertz CT molecular complexity index is 687. The Labute approximate surface area is 136 Å². The van der Waals surface area contributed by atoms with Gasteiger partial charge in [-0.2, -0.15) is 5.26 Å². The molecule has 0 N–H and O–H groups in total. The molecule has 0 aliphatic carbocycles. The van der Waals surface area contributed by atoms with E-state index in [1.54, 1.807) is 19.4 Å². The second kappa shape index (κ2) is 7.07. The molecule has 0 aromatic carbocycles. The summed E-state index contributed by atoms with van der Waals surface area (Å²) in [4.78, 5) is 13.3. The maximum atomic E-state index is 8.80. The zero-order valence-corrected chi connectivity index (χ0v) is 13.1. The lowest BCUT2D eigenvalue weighted by Gasteiger charge is -2.35. The third kappa shape index (κ3) is 3.76. The lowest BCUT2D eigenvalue weighted by Crippen LogP contribution is -2.46. The molecule has 0 spiro atoms. The Kier molecular flexibility index (Phi) is 4.69. The van der Waals surface area contributed by atoms with E-state index in [0.29, 0.717) is 11.6 Å². The van der Waals surface area contributed by atoms with Crippen molar-refractivity contribution in [1.29, 1.82) is 5.26 Å². The first kappa shape index (κ1) is 15.3. The van der Waals surface area contributed by atoms with Crippen LogP contribution in [0.4, 0.5) is 5.69 Å². The van der Waals surface area contributed by atoms with Crippen LogP contribution in [0.1, 0.15) is 11.4 Å². The molecule has 0 amide bonds. The maximum Gasteiger partial charge on any atom is 0.213 e. The predicted octanol–water partition coefficient (Wildman–Crippen LogP) is 1.68. The van der Waals surface area contributed by atoms with Gasteiger partial charge in [0.25, 0.3) is 0 Å². The van der Waals surface area contributed by atoms with Crippen molar-refractivity contribution in [3.63, 3.8) is 0 Å². The number of hydrogen-bond donors (Lipinski definition) is 0. The molecule has 3 heterocycles. The Balaban J connectivity index is 1.56. The number of hydrogen-bond acceptors (Lipinski definition) is 6. The lowest BCUT2D eigenvalue weighted by atomic mass is 10.2. The highest BCUT2D eigenvalue weighted by Crippen LogP contribution is 2.17. The van der Waals surface area contributed by atoms with Crippen LogP contribution in [0, 0.1) is 11.3 Å². The molecule has 1 fully saturated rings. The van der Waals surface area contributed by atoms with Crippen molar-refractivity contribution < 1.29 is 4.74 Å². The van der Waals surface area contributed by atoms with Crippen LogP contribution in [-0.2, 0) is 6.54 Å². The smallest absolute Gasteiger partial charge is 0.213 e. The van der Waals surface area contributed by atoms with Gasteiger partial charge in [-0.05, 0) is 18.2 Å². The van der Waals surface area contributed by atoms with E-state index in [0.717, 1.165) is 44.1 Å². The van der Waals surface area contributed by atoms with Crippen LogP contribution < -0.4 is 9.64 Å². The predicted molar refractivity (Wildman–Crippen MR) is 87.2 cm³/mol.